The topological polar surface area (TPSA) is 55.1 Å². The fourth-order valence-electron chi connectivity index (χ4n) is 1.59. The lowest BCUT2D eigenvalue weighted by atomic mass is 9.94. The summed E-state index contributed by atoms with van der Waals surface area (Å²) in [5, 5.41) is 6.85. The summed E-state index contributed by atoms with van der Waals surface area (Å²) in [4.78, 5) is 11.8. The highest BCUT2D eigenvalue weighted by Crippen LogP contribution is 2.22. The number of carbonyl (C=O) groups is 1. The highest BCUT2D eigenvalue weighted by Gasteiger charge is 2.25. The molecule has 0 aliphatic heterocycles. The average molecular weight is 224 g/mol. The summed E-state index contributed by atoms with van der Waals surface area (Å²) >= 11 is 0. The van der Waals surface area contributed by atoms with Crippen LogP contribution in [-0.4, -0.2) is 11.1 Å². The van der Waals surface area contributed by atoms with Crippen LogP contribution in [0.2, 0.25) is 0 Å². The largest absolute Gasteiger partial charge is 0.361 e. The Morgan fingerprint density at radius 2 is 1.94 bits per heavy atom. The molecule has 0 saturated heterocycles. The molecule has 0 aliphatic rings. The van der Waals surface area contributed by atoms with E-state index in [9.17, 15) is 4.79 Å². The van der Waals surface area contributed by atoms with Crippen LogP contribution in [-0.2, 0) is 4.79 Å². The third-order valence-corrected chi connectivity index (χ3v) is 2.55. The standard InChI is InChI=1S/C12H20N2O2/c1-7(13-11(15)12(4,5)6)10-8(2)14-16-9(10)3/h7H,1-6H3,(H,13,15). The van der Waals surface area contributed by atoms with Gasteiger partial charge in [-0.05, 0) is 20.8 Å². The van der Waals surface area contributed by atoms with Crippen LogP contribution in [0.1, 0.15) is 50.8 Å². The van der Waals surface area contributed by atoms with Gasteiger partial charge in [0.15, 0.2) is 0 Å². The number of hydrogen-bond acceptors (Lipinski definition) is 3. The molecule has 1 unspecified atom stereocenters. The predicted molar refractivity (Wildman–Crippen MR) is 62.0 cm³/mol. The smallest absolute Gasteiger partial charge is 0.225 e. The van der Waals surface area contributed by atoms with Crippen molar-refractivity contribution in [2.75, 3.05) is 0 Å². The molecule has 0 radical (unpaired) electrons. The van der Waals surface area contributed by atoms with E-state index < -0.39 is 0 Å². The molecule has 0 aliphatic carbocycles. The lowest BCUT2D eigenvalue weighted by molar-refractivity contribution is -0.129. The minimum Gasteiger partial charge on any atom is -0.361 e. The van der Waals surface area contributed by atoms with Crippen molar-refractivity contribution >= 4 is 5.91 Å². The molecule has 1 aromatic heterocycles. The van der Waals surface area contributed by atoms with Crippen LogP contribution in [0.4, 0.5) is 0 Å². The van der Waals surface area contributed by atoms with E-state index in [1.807, 2.05) is 41.5 Å². The van der Waals surface area contributed by atoms with Crippen molar-refractivity contribution in [3.63, 3.8) is 0 Å². The summed E-state index contributed by atoms with van der Waals surface area (Å²) in [6, 6.07) is -0.0713. The first kappa shape index (κ1) is 12.7. The van der Waals surface area contributed by atoms with Crippen LogP contribution >= 0.6 is 0 Å². The van der Waals surface area contributed by atoms with Crippen LogP contribution in [0.15, 0.2) is 4.52 Å². The van der Waals surface area contributed by atoms with Gasteiger partial charge >= 0.3 is 0 Å². The van der Waals surface area contributed by atoms with Gasteiger partial charge in [0.1, 0.15) is 5.76 Å². The molecule has 1 amide bonds. The Labute approximate surface area is 96.4 Å². The van der Waals surface area contributed by atoms with Crippen LogP contribution in [0.25, 0.3) is 0 Å². The van der Waals surface area contributed by atoms with E-state index in [1.54, 1.807) is 0 Å². The minimum atomic E-state index is -0.382. The van der Waals surface area contributed by atoms with Crippen molar-refractivity contribution in [1.29, 1.82) is 0 Å². The highest BCUT2D eigenvalue weighted by atomic mass is 16.5. The molecule has 0 bridgehead atoms. The molecule has 16 heavy (non-hydrogen) atoms. The normalized spacial score (nSPS) is 13.6. The summed E-state index contributed by atoms with van der Waals surface area (Å²) in [5.41, 5.74) is 1.42. The molecule has 90 valence electrons. The Kier molecular flexibility index (Phi) is 3.41. The number of amides is 1. The third kappa shape index (κ3) is 2.62. The maximum atomic E-state index is 11.8. The molecule has 1 N–H and O–H groups in total. The zero-order valence-corrected chi connectivity index (χ0v) is 10.8. The number of carbonyl (C=O) groups excluding carboxylic acids is 1. The van der Waals surface area contributed by atoms with Gasteiger partial charge < -0.3 is 9.84 Å². The Bertz CT molecular complexity index is 369. The van der Waals surface area contributed by atoms with Gasteiger partial charge in [0.2, 0.25) is 5.91 Å². The summed E-state index contributed by atoms with van der Waals surface area (Å²) < 4.78 is 5.08. The van der Waals surface area contributed by atoms with Crippen LogP contribution in [0.3, 0.4) is 0 Å². The maximum absolute atomic E-state index is 11.8. The van der Waals surface area contributed by atoms with Crippen molar-refractivity contribution in [3.8, 4) is 0 Å². The van der Waals surface area contributed by atoms with E-state index in [-0.39, 0.29) is 17.4 Å². The van der Waals surface area contributed by atoms with Crippen LogP contribution in [0, 0.1) is 19.3 Å². The molecule has 4 nitrogen and oxygen atoms in total. The zero-order valence-electron chi connectivity index (χ0n) is 10.8. The quantitative estimate of drug-likeness (QED) is 0.839. The van der Waals surface area contributed by atoms with Crippen molar-refractivity contribution in [2.24, 2.45) is 5.41 Å². The van der Waals surface area contributed by atoms with Gasteiger partial charge in [-0.25, -0.2) is 0 Å². The lowest BCUT2D eigenvalue weighted by Gasteiger charge is -2.21. The van der Waals surface area contributed by atoms with Crippen molar-refractivity contribution in [2.45, 2.75) is 47.6 Å². The van der Waals surface area contributed by atoms with Gasteiger partial charge in [-0.1, -0.05) is 25.9 Å². The van der Waals surface area contributed by atoms with Crippen molar-refractivity contribution in [3.05, 3.63) is 17.0 Å². The second kappa shape index (κ2) is 4.28. The van der Waals surface area contributed by atoms with Crippen LogP contribution < -0.4 is 5.32 Å². The first-order chi connectivity index (χ1) is 7.23. The Hall–Kier alpha value is -1.32. The Balaban J connectivity index is 2.81. The molecule has 1 atom stereocenters. The van der Waals surface area contributed by atoms with E-state index in [4.69, 9.17) is 4.52 Å². The number of hydrogen-bond donors (Lipinski definition) is 1. The Morgan fingerprint density at radius 1 is 1.38 bits per heavy atom. The molecular weight excluding hydrogens is 204 g/mol. The molecule has 0 fully saturated rings. The summed E-state index contributed by atoms with van der Waals surface area (Å²) in [6.45, 7) is 11.4. The van der Waals surface area contributed by atoms with E-state index in [1.165, 1.54) is 0 Å². The van der Waals surface area contributed by atoms with E-state index in [0.29, 0.717) is 0 Å². The van der Waals surface area contributed by atoms with Crippen LogP contribution in [0.5, 0.6) is 0 Å². The van der Waals surface area contributed by atoms with Gasteiger partial charge in [0, 0.05) is 11.0 Å². The lowest BCUT2D eigenvalue weighted by Crippen LogP contribution is -2.36. The number of aromatic nitrogens is 1. The Morgan fingerprint density at radius 3 is 2.31 bits per heavy atom. The molecule has 0 aromatic carbocycles. The summed E-state index contributed by atoms with van der Waals surface area (Å²) in [7, 11) is 0. The van der Waals surface area contributed by atoms with E-state index >= 15 is 0 Å². The van der Waals surface area contributed by atoms with Gasteiger partial charge in [-0.2, -0.15) is 0 Å². The average Bonchev–Trinajstić information content (AvgIpc) is 2.44. The number of nitrogens with one attached hydrogen (secondary N) is 1. The SMILES string of the molecule is Cc1noc(C)c1C(C)NC(=O)C(C)(C)C. The second-order valence-electron chi connectivity index (χ2n) is 5.18. The van der Waals surface area contributed by atoms with Gasteiger partial charge in [0.05, 0.1) is 11.7 Å². The zero-order chi connectivity index (χ0) is 12.5. The summed E-state index contributed by atoms with van der Waals surface area (Å²) in [6.07, 6.45) is 0. The molecule has 0 saturated carbocycles. The highest BCUT2D eigenvalue weighted by molar-refractivity contribution is 5.81. The molecule has 4 heteroatoms. The third-order valence-electron chi connectivity index (χ3n) is 2.55. The molecule has 1 aromatic rings. The molecule has 1 heterocycles. The first-order valence-electron chi connectivity index (χ1n) is 5.47. The fraction of sp³-hybridized carbons (Fsp3) is 0.667. The second-order valence-corrected chi connectivity index (χ2v) is 5.18. The molecular formula is C12H20N2O2. The number of aryl methyl sites for hydroxylation is 2. The minimum absolute atomic E-state index is 0.0278. The summed E-state index contributed by atoms with van der Waals surface area (Å²) in [5.74, 6) is 0.791. The van der Waals surface area contributed by atoms with E-state index in [2.05, 4.69) is 10.5 Å². The molecule has 0 spiro atoms. The van der Waals surface area contributed by atoms with Crippen molar-refractivity contribution < 1.29 is 9.32 Å². The van der Waals surface area contributed by atoms with Gasteiger partial charge in [-0.3, -0.25) is 4.79 Å². The van der Waals surface area contributed by atoms with Crippen molar-refractivity contribution in [1.82, 2.24) is 10.5 Å². The number of rotatable bonds is 2. The van der Waals surface area contributed by atoms with Gasteiger partial charge in [0.25, 0.3) is 0 Å². The fourth-order valence-corrected chi connectivity index (χ4v) is 1.59. The van der Waals surface area contributed by atoms with E-state index in [0.717, 1.165) is 17.0 Å². The first-order valence-corrected chi connectivity index (χ1v) is 5.47. The molecule has 1 rings (SSSR count). The number of nitrogens with zero attached hydrogens (tertiary/aromatic N) is 1. The maximum Gasteiger partial charge on any atom is 0.225 e. The monoisotopic (exact) mass is 224 g/mol. The predicted octanol–water partition coefficient (Wildman–Crippen LogP) is 2.51. The van der Waals surface area contributed by atoms with Gasteiger partial charge in [-0.15, -0.1) is 0 Å².